The van der Waals surface area contributed by atoms with Gasteiger partial charge in [-0.3, -0.25) is 4.79 Å². The van der Waals surface area contributed by atoms with Gasteiger partial charge in [0.25, 0.3) is 0 Å². The van der Waals surface area contributed by atoms with E-state index in [4.69, 9.17) is 0 Å². The highest BCUT2D eigenvalue weighted by molar-refractivity contribution is 9.10. The van der Waals surface area contributed by atoms with Crippen LogP contribution in [-0.4, -0.2) is 40.9 Å². The van der Waals surface area contributed by atoms with Crippen LogP contribution >= 0.6 is 15.9 Å². The number of hydrogen-bond acceptors (Lipinski definition) is 4. The number of likely N-dealkylation sites (N-methyl/N-ethyl adjacent to an activating group) is 1. The fourth-order valence-electron chi connectivity index (χ4n) is 0.908. The minimum atomic E-state index is 0.0345. The standard InChI is InChI=1S/C9H13BrN4O/c1-3-14(2)9(15)5-11-8-4-7(10)12-6-13-8/h4,6H,3,5H2,1-2H3,(H,11,12,13). The van der Waals surface area contributed by atoms with Crippen molar-refractivity contribution in [2.24, 2.45) is 0 Å². The molecule has 1 N–H and O–H groups in total. The zero-order valence-corrected chi connectivity index (χ0v) is 10.3. The lowest BCUT2D eigenvalue weighted by molar-refractivity contribution is -0.127. The first kappa shape index (κ1) is 11.9. The molecule has 0 radical (unpaired) electrons. The summed E-state index contributed by atoms with van der Waals surface area (Å²) < 4.78 is 0.691. The van der Waals surface area contributed by atoms with Gasteiger partial charge < -0.3 is 10.2 Å². The Bertz CT molecular complexity index is 345. The smallest absolute Gasteiger partial charge is 0.241 e. The SMILES string of the molecule is CCN(C)C(=O)CNc1cc(Br)ncn1. The van der Waals surface area contributed by atoms with Crippen LogP contribution in [0.3, 0.4) is 0 Å². The second-order valence-corrected chi connectivity index (χ2v) is 3.80. The Labute approximate surface area is 97.0 Å². The number of halogens is 1. The highest BCUT2D eigenvalue weighted by Crippen LogP contribution is 2.08. The fourth-order valence-corrected chi connectivity index (χ4v) is 1.22. The molecule has 0 atom stereocenters. The molecule has 15 heavy (non-hydrogen) atoms. The summed E-state index contributed by atoms with van der Waals surface area (Å²) in [4.78, 5) is 20.9. The van der Waals surface area contributed by atoms with Gasteiger partial charge in [0.2, 0.25) is 5.91 Å². The Morgan fingerprint density at radius 3 is 2.93 bits per heavy atom. The van der Waals surface area contributed by atoms with E-state index in [1.54, 1.807) is 18.0 Å². The lowest BCUT2D eigenvalue weighted by Crippen LogP contribution is -2.32. The highest BCUT2D eigenvalue weighted by atomic mass is 79.9. The molecule has 6 heteroatoms. The van der Waals surface area contributed by atoms with Crippen molar-refractivity contribution in [1.82, 2.24) is 14.9 Å². The molecule has 1 aromatic heterocycles. The molecule has 1 aromatic rings. The van der Waals surface area contributed by atoms with Crippen LogP contribution < -0.4 is 5.32 Å². The zero-order chi connectivity index (χ0) is 11.3. The minimum absolute atomic E-state index is 0.0345. The van der Waals surface area contributed by atoms with Crippen molar-refractivity contribution in [3.8, 4) is 0 Å². The monoisotopic (exact) mass is 272 g/mol. The Kier molecular flexibility index (Phi) is 4.48. The van der Waals surface area contributed by atoms with Gasteiger partial charge in [-0.2, -0.15) is 0 Å². The molecule has 1 heterocycles. The van der Waals surface area contributed by atoms with Crippen LogP contribution in [0.25, 0.3) is 0 Å². The van der Waals surface area contributed by atoms with Gasteiger partial charge in [-0.15, -0.1) is 0 Å². The maximum absolute atomic E-state index is 11.4. The van der Waals surface area contributed by atoms with Crippen molar-refractivity contribution in [3.63, 3.8) is 0 Å². The van der Waals surface area contributed by atoms with E-state index in [-0.39, 0.29) is 12.5 Å². The molecule has 0 bridgehead atoms. The Balaban J connectivity index is 2.47. The summed E-state index contributed by atoms with van der Waals surface area (Å²) in [6.45, 7) is 2.88. The first-order chi connectivity index (χ1) is 7.13. The van der Waals surface area contributed by atoms with Crippen LogP contribution in [0, 0.1) is 0 Å². The lowest BCUT2D eigenvalue weighted by atomic mass is 10.5. The second kappa shape index (κ2) is 5.65. The highest BCUT2D eigenvalue weighted by Gasteiger charge is 2.06. The molecule has 5 nitrogen and oxygen atoms in total. The van der Waals surface area contributed by atoms with E-state index in [0.29, 0.717) is 17.0 Å². The van der Waals surface area contributed by atoms with Gasteiger partial charge in [-0.25, -0.2) is 9.97 Å². The first-order valence-electron chi connectivity index (χ1n) is 4.59. The van der Waals surface area contributed by atoms with Gasteiger partial charge in [0.05, 0.1) is 6.54 Å². The number of anilines is 1. The molecule has 1 rings (SSSR count). The quantitative estimate of drug-likeness (QED) is 0.835. The van der Waals surface area contributed by atoms with Crippen LogP contribution in [0.4, 0.5) is 5.82 Å². The third-order valence-corrected chi connectivity index (χ3v) is 2.39. The predicted octanol–water partition coefficient (Wildman–Crippen LogP) is 1.13. The minimum Gasteiger partial charge on any atom is -0.361 e. The average Bonchev–Trinajstić information content (AvgIpc) is 2.25. The van der Waals surface area contributed by atoms with E-state index < -0.39 is 0 Å². The molecule has 1 amide bonds. The summed E-state index contributed by atoms with van der Waals surface area (Å²) in [7, 11) is 1.76. The van der Waals surface area contributed by atoms with Crippen LogP contribution in [0.2, 0.25) is 0 Å². The summed E-state index contributed by atoms with van der Waals surface area (Å²) in [5.74, 6) is 0.668. The second-order valence-electron chi connectivity index (χ2n) is 2.99. The molecule has 0 unspecified atom stereocenters. The molecule has 0 saturated carbocycles. The average molecular weight is 273 g/mol. The van der Waals surface area contributed by atoms with Crippen LogP contribution in [0.15, 0.2) is 17.0 Å². The van der Waals surface area contributed by atoms with Gasteiger partial charge in [-0.05, 0) is 22.9 Å². The molecular weight excluding hydrogens is 260 g/mol. The lowest BCUT2D eigenvalue weighted by Gasteiger charge is -2.14. The molecule has 0 fully saturated rings. The predicted molar refractivity (Wildman–Crippen MR) is 61.5 cm³/mol. The Morgan fingerprint density at radius 2 is 2.33 bits per heavy atom. The van der Waals surface area contributed by atoms with Gasteiger partial charge in [0.1, 0.15) is 16.7 Å². The molecule has 0 aromatic carbocycles. The van der Waals surface area contributed by atoms with Crippen molar-refractivity contribution < 1.29 is 4.79 Å². The maximum atomic E-state index is 11.4. The summed E-state index contributed by atoms with van der Waals surface area (Å²) >= 11 is 3.23. The Morgan fingerprint density at radius 1 is 1.60 bits per heavy atom. The molecule has 0 aliphatic carbocycles. The summed E-state index contributed by atoms with van der Waals surface area (Å²) in [6.07, 6.45) is 1.43. The summed E-state index contributed by atoms with van der Waals surface area (Å²) in [5, 5.41) is 2.93. The van der Waals surface area contributed by atoms with E-state index in [1.165, 1.54) is 6.33 Å². The number of aromatic nitrogens is 2. The van der Waals surface area contributed by atoms with Crippen molar-refractivity contribution in [2.75, 3.05) is 25.5 Å². The molecule has 0 spiro atoms. The van der Waals surface area contributed by atoms with E-state index in [0.717, 1.165) is 0 Å². The summed E-state index contributed by atoms with van der Waals surface area (Å²) in [5.41, 5.74) is 0. The van der Waals surface area contributed by atoms with E-state index in [9.17, 15) is 4.79 Å². The topological polar surface area (TPSA) is 58.1 Å². The molecule has 0 aliphatic heterocycles. The van der Waals surface area contributed by atoms with E-state index in [2.05, 4.69) is 31.2 Å². The molecule has 82 valence electrons. The summed E-state index contributed by atoms with van der Waals surface area (Å²) in [6, 6.07) is 1.72. The van der Waals surface area contributed by atoms with E-state index >= 15 is 0 Å². The molecule has 0 saturated heterocycles. The zero-order valence-electron chi connectivity index (χ0n) is 8.70. The van der Waals surface area contributed by atoms with Crippen molar-refractivity contribution in [1.29, 1.82) is 0 Å². The number of rotatable bonds is 4. The van der Waals surface area contributed by atoms with Crippen molar-refractivity contribution >= 4 is 27.7 Å². The van der Waals surface area contributed by atoms with E-state index in [1.807, 2.05) is 6.92 Å². The number of amides is 1. The Hall–Kier alpha value is -1.17. The third kappa shape index (κ3) is 3.83. The number of nitrogens with one attached hydrogen (secondary N) is 1. The number of hydrogen-bond donors (Lipinski definition) is 1. The van der Waals surface area contributed by atoms with Gasteiger partial charge >= 0.3 is 0 Å². The van der Waals surface area contributed by atoms with Crippen LogP contribution in [0.5, 0.6) is 0 Å². The van der Waals surface area contributed by atoms with Crippen molar-refractivity contribution in [3.05, 3.63) is 17.0 Å². The maximum Gasteiger partial charge on any atom is 0.241 e. The van der Waals surface area contributed by atoms with Gasteiger partial charge in [0, 0.05) is 19.7 Å². The largest absolute Gasteiger partial charge is 0.361 e. The number of nitrogens with zero attached hydrogens (tertiary/aromatic N) is 3. The molecule has 0 aliphatic rings. The fraction of sp³-hybridized carbons (Fsp3) is 0.444. The van der Waals surface area contributed by atoms with Crippen LogP contribution in [0.1, 0.15) is 6.92 Å². The van der Waals surface area contributed by atoms with Crippen LogP contribution in [-0.2, 0) is 4.79 Å². The normalized spacial score (nSPS) is 9.80. The molecular formula is C9H13BrN4O. The van der Waals surface area contributed by atoms with Gasteiger partial charge in [-0.1, -0.05) is 0 Å². The number of carbonyl (C=O) groups excluding carboxylic acids is 1. The number of carbonyl (C=O) groups is 1. The van der Waals surface area contributed by atoms with Gasteiger partial charge in [0.15, 0.2) is 0 Å². The first-order valence-corrected chi connectivity index (χ1v) is 5.38. The van der Waals surface area contributed by atoms with Crippen molar-refractivity contribution in [2.45, 2.75) is 6.92 Å². The third-order valence-electron chi connectivity index (χ3n) is 1.95.